The van der Waals surface area contributed by atoms with Crippen molar-refractivity contribution in [1.29, 1.82) is 0 Å². The number of thioether (sulfide) groups is 1. The van der Waals surface area contributed by atoms with Gasteiger partial charge in [0.25, 0.3) is 0 Å². The second kappa shape index (κ2) is 12.0. The van der Waals surface area contributed by atoms with Crippen molar-refractivity contribution in [2.45, 2.75) is 43.8 Å². The molecule has 28 heavy (non-hydrogen) atoms. The molecule has 0 aliphatic heterocycles. The number of amides is 3. The van der Waals surface area contributed by atoms with Crippen LogP contribution in [0.3, 0.4) is 0 Å². The Labute approximate surface area is 166 Å². The van der Waals surface area contributed by atoms with Gasteiger partial charge in [0, 0.05) is 24.7 Å². The van der Waals surface area contributed by atoms with E-state index in [9.17, 15) is 24.3 Å². The van der Waals surface area contributed by atoms with E-state index in [-0.39, 0.29) is 25.7 Å². The molecule has 0 aliphatic rings. The SMILES string of the molecule is CSCCC(NC(=O)C(N)CCC(N)=O)C(=O)NC(Cc1cnc[nH]1)C(=O)O. The molecule has 0 saturated carbocycles. The number of aliphatic carboxylic acids is 1. The van der Waals surface area contributed by atoms with E-state index in [1.807, 2.05) is 6.26 Å². The highest BCUT2D eigenvalue weighted by atomic mass is 32.2. The highest BCUT2D eigenvalue weighted by molar-refractivity contribution is 7.98. The molecule has 0 fully saturated rings. The monoisotopic (exact) mass is 414 g/mol. The van der Waals surface area contributed by atoms with Crippen molar-refractivity contribution in [3.05, 3.63) is 18.2 Å². The number of imidazole rings is 1. The number of nitrogens with two attached hydrogens (primary N) is 2. The fraction of sp³-hybridized carbons (Fsp3) is 0.562. The van der Waals surface area contributed by atoms with Gasteiger partial charge < -0.3 is 32.2 Å². The highest BCUT2D eigenvalue weighted by Gasteiger charge is 2.28. The third-order valence-electron chi connectivity index (χ3n) is 3.88. The molecule has 156 valence electrons. The lowest BCUT2D eigenvalue weighted by molar-refractivity contribution is -0.142. The first-order valence-electron chi connectivity index (χ1n) is 8.58. The van der Waals surface area contributed by atoms with Gasteiger partial charge in [0.15, 0.2) is 0 Å². The zero-order chi connectivity index (χ0) is 21.1. The molecule has 0 radical (unpaired) electrons. The molecule has 0 aliphatic carbocycles. The van der Waals surface area contributed by atoms with Crippen LogP contribution in [-0.4, -0.2) is 68.9 Å². The van der Waals surface area contributed by atoms with Gasteiger partial charge in [-0.3, -0.25) is 14.4 Å². The molecule has 3 amide bonds. The Balaban J connectivity index is 2.74. The van der Waals surface area contributed by atoms with E-state index in [1.165, 1.54) is 24.3 Å². The predicted octanol–water partition coefficient (Wildman–Crippen LogP) is -1.65. The van der Waals surface area contributed by atoms with Crippen LogP contribution in [0.15, 0.2) is 12.5 Å². The van der Waals surface area contributed by atoms with Crippen LogP contribution in [0.25, 0.3) is 0 Å². The molecule has 3 unspecified atom stereocenters. The second-order valence-corrected chi connectivity index (χ2v) is 7.12. The van der Waals surface area contributed by atoms with E-state index in [2.05, 4.69) is 20.6 Å². The van der Waals surface area contributed by atoms with Crippen LogP contribution in [0.1, 0.15) is 25.0 Å². The molecule has 1 heterocycles. The lowest BCUT2D eigenvalue weighted by Crippen LogP contribution is -2.55. The summed E-state index contributed by atoms with van der Waals surface area (Å²) in [4.78, 5) is 53.7. The quantitative estimate of drug-likeness (QED) is 0.221. The molecule has 8 N–H and O–H groups in total. The van der Waals surface area contributed by atoms with Crippen molar-refractivity contribution < 1.29 is 24.3 Å². The van der Waals surface area contributed by atoms with Crippen molar-refractivity contribution in [1.82, 2.24) is 20.6 Å². The molecule has 0 spiro atoms. The maximum atomic E-state index is 12.6. The third kappa shape index (κ3) is 8.39. The lowest BCUT2D eigenvalue weighted by Gasteiger charge is -2.22. The molecule has 3 atom stereocenters. The first-order chi connectivity index (χ1) is 13.2. The van der Waals surface area contributed by atoms with Crippen LogP contribution in [-0.2, 0) is 25.6 Å². The molecule has 1 rings (SSSR count). The fourth-order valence-electron chi connectivity index (χ4n) is 2.30. The van der Waals surface area contributed by atoms with Crippen LogP contribution < -0.4 is 22.1 Å². The van der Waals surface area contributed by atoms with Crippen molar-refractivity contribution >= 4 is 35.5 Å². The number of primary amides is 1. The lowest BCUT2D eigenvalue weighted by atomic mass is 10.1. The van der Waals surface area contributed by atoms with Gasteiger partial charge in [-0.2, -0.15) is 11.8 Å². The van der Waals surface area contributed by atoms with E-state index in [1.54, 1.807) is 0 Å². The van der Waals surface area contributed by atoms with E-state index in [0.29, 0.717) is 11.4 Å². The Morgan fingerprint density at radius 2 is 1.89 bits per heavy atom. The summed E-state index contributed by atoms with van der Waals surface area (Å²) in [5, 5.41) is 14.3. The summed E-state index contributed by atoms with van der Waals surface area (Å²) in [7, 11) is 0. The van der Waals surface area contributed by atoms with Gasteiger partial charge in [0.1, 0.15) is 12.1 Å². The molecule has 1 aromatic rings. The molecule has 1 aromatic heterocycles. The second-order valence-electron chi connectivity index (χ2n) is 6.13. The molecule has 0 bridgehead atoms. The first-order valence-corrected chi connectivity index (χ1v) is 9.97. The number of rotatable bonds is 13. The largest absolute Gasteiger partial charge is 0.480 e. The Morgan fingerprint density at radius 1 is 1.21 bits per heavy atom. The maximum absolute atomic E-state index is 12.6. The third-order valence-corrected chi connectivity index (χ3v) is 4.52. The Bertz CT molecular complexity index is 668. The average Bonchev–Trinajstić information content (AvgIpc) is 3.15. The topological polar surface area (TPSA) is 193 Å². The molecule has 11 nitrogen and oxygen atoms in total. The number of H-pyrrole nitrogens is 1. The van der Waals surface area contributed by atoms with Crippen LogP contribution in [0.2, 0.25) is 0 Å². The minimum atomic E-state index is -1.21. The number of nitrogens with one attached hydrogen (secondary N) is 3. The Hall–Kier alpha value is -2.60. The van der Waals surface area contributed by atoms with Crippen LogP contribution in [0.4, 0.5) is 0 Å². The summed E-state index contributed by atoms with van der Waals surface area (Å²) in [6.07, 6.45) is 5.02. The molecular weight excluding hydrogens is 388 g/mol. The summed E-state index contributed by atoms with van der Waals surface area (Å²) in [6.45, 7) is 0. The maximum Gasteiger partial charge on any atom is 0.326 e. The summed E-state index contributed by atoms with van der Waals surface area (Å²) >= 11 is 1.47. The number of carboxylic acids is 1. The number of nitrogens with zero attached hydrogens (tertiary/aromatic N) is 1. The predicted molar refractivity (Wildman–Crippen MR) is 103 cm³/mol. The van der Waals surface area contributed by atoms with Gasteiger partial charge in [-0.05, 0) is 24.9 Å². The Kier molecular flexibility index (Phi) is 10.0. The van der Waals surface area contributed by atoms with Crippen LogP contribution in [0, 0.1) is 0 Å². The minimum Gasteiger partial charge on any atom is -0.480 e. The number of carbonyl (C=O) groups excluding carboxylic acids is 3. The number of hydrogen-bond acceptors (Lipinski definition) is 7. The van der Waals surface area contributed by atoms with E-state index in [0.717, 1.165) is 0 Å². The smallest absolute Gasteiger partial charge is 0.326 e. The summed E-state index contributed by atoms with van der Waals surface area (Å²) in [6, 6.07) is -3.15. The van der Waals surface area contributed by atoms with Crippen molar-refractivity contribution in [3.63, 3.8) is 0 Å². The zero-order valence-electron chi connectivity index (χ0n) is 15.5. The molecule has 0 aromatic carbocycles. The highest BCUT2D eigenvalue weighted by Crippen LogP contribution is 2.05. The van der Waals surface area contributed by atoms with E-state index >= 15 is 0 Å². The van der Waals surface area contributed by atoms with Gasteiger partial charge in [-0.15, -0.1) is 0 Å². The van der Waals surface area contributed by atoms with Crippen LogP contribution >= 0.6 is 11.8 Å². The molecule has 12 heteroatoms. The number of aromatic nitrogens is 2. The summed E-state index contributed by atoms with van der Waals surface area (Å²) in [5.74, 6) is -2.47. The number of hydrogen-bond donors (Lipinski definition) is 6. The fourth-order valence-corrected chi connectivity index (χ4v) is 2.77. The summed E-state index contributed by atoms with van der Waals surface area (Å²) in [5.41, 5.74) is 11.3. The number of aromatic amines is 1. The van der Waals surface area contributed by atoms with Gasteiger partial charge in [0.05, 0.1) is 12.4 Å². The van der Waals surface area contributed by atoms with Gasteiger partial charge in [-0.1, -0.05) is 0 Å². The molecular formula is C16H26N6O5S. The van der Waals surface area contributed by atoms with Crippen LogP contribution in [0.5, 0.6) is 0 Å². The Morgan fingerprint density at radius 3 is 2.43 bits per heavy atom. The standard InChI is InChI=1S/C16H26N6O5S/c1-28-5-4-11(21-14(24)10(17)2-3-13(18)23)15(25)22-12(16(26)27)6-9-7-19-8-20-9/h7-8,10-12H,2-6,17H2,1H3,(H2,18,23)(H,19,20)(H,21,24)(H,22,25)(H,26,27). The van der Waals surface area contributed by atoms with Gasteiger partial charge in [-0.25, -0.2) is 9.78 Å². The number of carbonyl (C=O) groups is 4. The van der Waals surface area contributed by atoms with Crippen molar-refractivity contribution in [2.75, 3.05) is 12.0 Å². The van der Waals surface area contributed by atoms with E-state index < -0.39 is 41.8 Å². The van der Waals surface area contributed by atoms with Gasteiger partial charge >= 0.3 is 5.97 Å². The van der Waals surface area contributed by atoms with Crippen molar-refractivity contribution in [2.24, 2.45) is 11.5 Å². The molecule has 0 saturated heterocycles. The van der Waals surface area contributed by atoms with Crippen molar-refractivity contribution in [3.8, 4) is 0 Å². The summed E-state index contributed by atoms with van der Waals surface area (Å²) < 4.78 is 0. The zero-order valence-corrected chi connectivity index (χ0v) is 16.3. The average molecular weight is 414 g/mol. The minimum absolute atomic E-state index is 0.0163. The normalized spacial score (nSPS) is 13.9. The van der Waals surface area contributed by atoms with E-state index in [4.69, 9.17) is 11.5 Å². The first kappa shape index (κ1) is 23.4. The van der Waals surface area contributed by atoms with Gasteiger partial charge in [0.2, 0.25) is 17.7 Å². The number of carboxylic acid groups (broad SMARTS) is 1.